The lowest BCUT2D eigenvalue weighted by Crippen LogP contribution is -2.39. The van der Waals surface area contributed by atoms with Crippen LogP contribution in [0.2, 0.25) is 0 Å². The first-order valence-electron chi connectivity index (χ1n) is 9.16. The van der Waals surface area contributed by atoms with Gasteiger partial charge in [-0.1, -0.05) is 42.1 Å². The lowest BCUT2D eigenvalue weighted by atomic mass is 10.1. The number of sulfone groups is 1. The molecule has 27 heavy (non-hydrogen) atoms. The maximum absolute atomic E-state index is 12.2. The molecule has 0 spiro atoms. The molecule has 2 aliphatic heterocycles. The Kier molecular flexibility index (Phi) is 4.80. The van der Waals surface area contributed by atoms with E-state index in [1.54, 1.807) is 11.8 Å². The van der Waals surface area contributed by atoms with Crippen LogP contribution in [0.4, 0.5) is 5.69 Å². The topological polar surface area (TPSA) is 49.7 Å². The molecular weight excluding hydrogens is 376 g/mol. The summed E-state index contributed by atoms with van der Waals surface area (Å²) in [7, 11) is -3.02. The number of nitrogens with zero attached hydrogens (tertiary/aromatic N) is 2. The fourth-order valence-electron chi connectivity index (χ4n) is 3.72. The number of hydrogen-bond donors (Lipinski definition) is 0. The highest BCUT2D eigenvalue weighted by Gasteiger charge is 2.47. The van der Waals surface area contributed by atoms with E-state index in [0.29, 0.717) is 0 Å². The van der Waals surface area contributed by atoms with Gasteiger partial charge in [-0.25, -0.2) is 8.42 Å². The molecule has 0 amide bonds. The summed E-state index contributed by atoms with van der Waals surface area (Å²) in [6.45, 7) is 6.30. The van der Waals surface area contributed by atoms with E-state index in [2.05, 4.69) is 62.1 Å². The van der Waals surface area contributed by atoms with Crippen LogP contribution >= 0.6 is 11.8 Å². The van der Waals surface area contributed by atoms with Crippen LogP contribution in [-0.4, -0.2) is 37.2 Å². The number of thioether (sulfide) groups is 1. The lowest BCUT2D eigenvalue weighted by molar-refractivity contribution is 0.601. The fourth-order valence-corrected chi connectivity index (χ4v) is 6.77. The van der Waals surface area contributed by atoms with Gasteiger partial charge in [0.1, 0.15) is 0 Å². The summed E-state index contributed by atoms with van der Waals surface area (Å²) in [6.07, 6.45) is 0. The minimum Gasteiger partial charge on any atom is -0.315 e. The minimum atomic E-state index is -3.02. The number of anilines is 1. The van der Waals surface area contributed by atoms with Crippen molar-refractivity contribution in [1.82, 2.24) is 0 Å². The summed E-state index contributed by atoms with van der Waals surface area (Å²) < 4.78 is 24.3. The normalized spacial score (nSPS) is 23.4. The molecule has 0 bridgehead atoms. The van der Waals surface area contributed by atoms with Crippen LogP contribution in [-0.2, 0) is 15.6 Å². The van der Waals surface area contributed by atoms with Crippen molar-refractivity contribution in [2.75, 3.05) is 16.4 Å². The molecule has 142 valence electrons. The van der Waals surface area contributed by atoms with Gasteiger partial charge in [-0.2, -0.15) is 0 Å². The summed E-state index contributed by atoms with van der Waals surface area (Å²) >= 11 is 1.70. The van der Waals surface area contributed by atoms with Gasteiger partial charge < -0.3 is 4.90 Å². The maximum Gasteiger partial charge on any atom is 0.164 e. The van der Waals surface area contributed by atoms with Gasteiger partial charge >= 0.3 is 0 Å². The molecular formula is C21H24N2O2S2. The van der Waals surface area contributed by atoms with Crippen molar-refractivity contribution in [3.05, 3.63) is 64.7 Å². The second-order valence-electron chi connectivity index (χ2n) is 7.48. The Morgan fingerprint density at radius 2 is 1.81 bits per heavy atom. The Bertz CT molecular complexity index is 1010. The maximum atomic E-state index is 12.2. The first-order valence-corrected chi connectivity index (χ1v) is 12.0. The summed E-state index contributed by atoms with van der Waals surface area (Å²) in [5, 5.41) is 0.936. The predicted molar refractivity (Wildman–Crippen MR) is 115 cm³/mol. The molecule has 1 saturated heterocycles. The van der Waals surface area contributed by atoms with Crippen LogP contribution in [0.15, 0.2) is 47.5 Å². The van der Waals surface area contributed by atoms with E-state index >= 15 is 0 Å². The summed E-state index contributed by atoms with van der Waals surface area (Å²) in [4.78, 5) is 6.98. The third kappa shape index (κ3) is 3.65. The van der Waals surface area contributed by atoms with Gasteiger partial charge in [0.15, 0.2) is 15.0 Å². The quantitative estimate of drug-likeness (QED) is 0.784. The van der Waals surface area contributed by atoms with Crippen molar-refractivity contribution in [2.45, 2.75) is 38.6 Å². The van der Waals surface area contributed by atoms with Crippen molar-refractivity contribution >= 4 is 32.5 Å². The average Bonchev–Trinajstić information content (AvgIpc) is 3.08. The largest absolute Gasteiger partial charge is 0.315 e. The van der Waals surface area contributed by atoms with Crippen molar-refractivity contribution in [2.24, 2.45) is 4.99 Å². The number of aliphatic imine (C=N–C) groups is 1. The lowest BCUT2D eigenvalue weighted by Gasteiger charge is -2.27. The van der Waals surface area contributed by atoms with Crippen molar-refractivity contribution in [1.29, 1.82) is 0 Å². The highest BCUT2D eigenvalue weighted by atomic mass is 32.2. The zero-order chi connectivity index (χ0) is 19.2. The molecule has 6 heteroatoms. The molecule has 0 aromatic heterocycles. The van der Waals surface area contributed by atoms with E-state index in [0.717, 1.165) is 16.6 Å². The standard InChI is InChI=1S/C21H24N2O2S2/c1-14-8-9-18(10-16(14)3)23-20-13-27(24,25)12-19(20)22-21(23)26-11-17-7-5-4-6-15(17)2/h4-10,19-20H,11-13H2,1-3H3/t19-,20-/m1/s1. The van der Waals surface area contributed by atoms with Gasteiger partial charge in [-0.05, 0) is 55.2 Å². The van der Waals surface area contributed by atoms with Crippen LogP contribution in [0.1, 0.15) is 22.3 Å². The molecule has 4 nitrogen and oxygen atoms in total. The molecule has 2 heterocycles. The molecule has 0 N–H and O–H groups in total. The first-order chi connectivity index (χ1) is 12.8. The Hall–Kier alpha value is -1.79. The molecule has 0 radical (unpaired) electrons. The summed E-state index contributed by atoms with van der Waals surface area (Å²) in [5.41, 5.74) is 6.04. The van der Waals surface area contributed by atoms with Crippen LogP contribution in [0.25, 0.3) is 0 Å². The van der Waals surface area contributed by atoms with Crippen LogP contribution in [0, 0.1) is 20.8 Å². The molecule has 2 aromatic carbocycles. The zero-order valence-corrected chi connectivity index (χ0v) is 17.5. The van der Waals surface area contributed by atoms with Crippen LogP contribution in [0.3, 0.4) is 0 Å². The highest BCUT2D eigenvalue weighted by molar-refractivity contribution is 8.13. The second kappa shape index (κ2) is 6.99. The van der Waals surface area contributed by atoms with E-state index < -0.39 is 9.84 Å². The third-order valence-corrected chi connectivity index (χ3v) is 8.21. The highest BCUT2D eigenvalue weighted by Crippen LogP contribution is 2.36. The number of amidine groups is 1. The van der Waals surface area contributed by atoms with Gasteiger partial charge in [-0.15, -0.1) is 0 Å². The van der Waals surface area contributed by atoms with Gasteiger partial charge in [0, 0.05) is 11.4 Å². The van der Waals surface area contributed by atoms with E-state index in [1.807, 2.05) is 6.07 Å². The van der Waals surface area contributed by atoms with E-state index in [4.69, 9.17) is 4.99 Å². The third-order valence-electron chi connectivity index (χ3n) is 5.49. The van der Waals surface area contributed by atoms with Crippen LogP contribution < -0.4 is 4.90 Å². The van der Waals surface area contributed by atoms with Crippen molar-refractivity contribution in [3.63, 3.8) is 0 Å². The average molecular weight is 401 g/mol. The number of rotatable bonds is 3. The Labute approximate surface area is 165 Å². The predicted octanol–water partition coefficient (Wildman–Crippen LogP) is 3.89. The molecule has 2 atom stereocenters. The first kappa shape index (κ1) is 18.6. The van der Waals surface area contributed by atoms with Gasteiger partial charge in [-0.3, -0.25) is 4.99 Å². The molecule has 1 fully saturated rings. The second-order valence-corrected chi connectivity index (χ2v) is 10.6. The smallest absolute Gasteiger partial charge is 0.164 e. The monoisotopic (exact) mass is 400 g/mol. The number of aryl methyl sites for hydroxylation is 3. The fraction of sp³-hybridized carbons (Fsp3) is 0.381. The Morgan fingerprint density at radius 1 is 1.04 bits per heavy atom. The number of hydrogen-bond acceptors (Lipinski definition) is 5. The molecule has 2 aromatic rings. The summed E-state index contributed by atoms with van der Waals surface area (Å²) in [5.74, 6) is 1.18. The van der Waals surface area contributed by atoms with Crippen LogP contribution in [0.5, 0.6) is 0 Å². The summed E-state index contributed by atoms with van der Waals surface area (Å²) in [6, 6.07) is 14.5. The molecule has 0 saturated carbocycles. The van der Waals surface area contributed by atoms with E-state index in [9.17, 15) is 8.42 Å². The molecule has 4 rings (SSSR count). The van der Waals surface area contributed by atoms with E-state index in [-0.39, 0.29) is 23.6 Å². The van der Waals surface area contributed by atoms with Gasteiger partial charge in [0.2, 0.25) is 0 Å². The number of benzene rings is 2. The van der Waals surface area contributed by atoms with Crippen molar-refractivity contribution in [3.8, 4) is 0 Å². The Morgan fingerprint density at radius 3 is 2.56 bits per heavy atom. The van der Waals surface area contributed by atoms with Gasteiger partial charge in [0.05, 0.1) is 23.6 Å². The molecule has 0 unspecified atom stereocenters. The molecule has 0 aliphatic carbocycles. The van der Waals surface area contributed by atoms with Gasteiger partial charge in [0.25, 0.3) is 0 Å². The minimum absolute atomic E-state index is 0.0866. The Balaban J connectivity index is 1.65. The SMILES string of the molecule is Cc1ccc(N2C(SCc3ccccc3C)=N[C@@H]3CS(=O)(=O)C[C@H]32)cc1C. The van der Waals surface area contributed by atoms with Crippen molar-refractivity contribution < 1.29 is 8.42 Å². The van der Waals surface area contributed by atoms with E-state index in [1.165, 1.54) is 22.3 Å². The number of fused-ring (bicyclic) bond motifs is 1. The molecule has 2 aliphatic rings. The zero-order valence-electron chi connectivity index (χ0n) is 15.8.